The maximum atomic E-state index is 11.3. The van der Waals surface area contributed by atoms with Crippen molar-refractivity contribution >= 4 is 39.6 Å². The molecule has 6 heteroatoms. The van der Waals surface area contributed by atoms with E-state index in [9.17, 15) is 9.59 Å². The van der Waals surface area contributed by atoms with Gasteiger partial charge in [-0.1, -0.05) is 15.9 Å². The fraction of sp³-hybridized carbons (Fsp3) is 0.286. The quantitative estimate of drug-likeness (QED) is 0.778. The topological polar surface area (TPSA) is 69.6 Å². The number of aliphatic carboxylic acids is 1. The van der Waals surface area contributed by atoms with Gasteiger partial charge in [-0.25, -0.2) is 4.79 Å². The molecule has 1 rings (SSSR count). The van der Waals surface area contributed by atoms with E-state index in [1.807, 2.05) is 30.1 Å². The number of hydrogen-bond donors (Lipinski definition) is 2. The third-order valence-electron chi connectivity index (χ3n) is 2.76. The summed E-state index contributed by atoms with van der Waals surface area (Å²) in [7, 11) is 3.47. The Balaban J connectivity index is 2.92. The standard InChI is InChI=1S/C14H17BrN2O3/c1-16-13(18)7-8-17(2)12-5-4-11(15)9-10(12)3-6-14(19)20/h3-6,9H,7-8H2,1-2H3,(H,16,18)(H,19,20)/b6-3+. The molecule has 20 heavy (non-hydrogen) atoms. The van der Waals surface area contributed by atoms with Crippen molar-refractivity contribution in [1.82, 2.24) is 5.32 Å². The van der Waals surface area contributed by atoms with Gasteiger partial charge in [0.25, 0.3) is 0 Å². The van der Waals surface area contributed by atoms with Crippen LogP contribution < -0.4 is 10.2 Å². The minimum atomic E-state index is -0.996. The molecule has 5 nitrogen and oxygen atoms in total. The fourth-order valence-corrected chi connectivity index (χ4v) is 2.06. The lowest BCUT2D eigenvalue weighted by molar-refractivity contribution is -0.131. The summed E-state index contributed by atoms with van der Waals surface area (Å²) in [5.74, 6) is -1.03. The highest BCUT2D eigenvalue weighted by Gasteiger charge is 2.08. The second-order valence-corrected chi connectivity index (χ2v) is 5.14. The summed E-state index contributed by atoms with van der Waals surface area (Å²) in [6.07, 6.45) is 3.02. The van der Waals surface area contributed by atoms with Gasteiger partial charge in [-0.2, -0.15) is 0 Å². The first-order chi connectivity index (χ1) is 9.43. The monoisotopic (exact) mass is 340 g/mol. The number of hydrogen-bond acceptors (Lipinski definition) is 3. The molecule has 0 saturated carbocycles. The van der Waals surface area contributed by atoms with Gasteiger partial charge in [0.05, 0.1) is 0 Å². The summed E-state index contributed by atoms with van der Waals surface area (Å²) >= 11 is 3.36. The van der Waals surface area contributed by atoms with E-state index in [1.54, 1.807) is 13.1 Å². The number of nitrogens with one attached hydrogen (secondary N) is 1. The fourth-order valence-electron chi connectivity index (χ4n) is 1.68. The van der Waals surface area contributed by atoms with Crippen molar-refractivity contribution in [1.29, 1.82) is 0 Å². The third-order valence-corrected chi connectivity index (χ3v) is 3.25. The van der Waals surface area contributed by atoms with E-state index in [-0.39, 0.29) is 5.91 Å². The Hall–Kier alpha value is -1.82. The third kappa shape index (κ3) is 5.05. The summed E-state index contributed by atoms with van der Waals surface area (Å²) in [5, 5.41) is 11.3. The molecule has 0 radical (unpaired) electrons. The van der Waals surface area contributed by atoms with E-state index in [4.69, 9.17) is 5.11 Å². The Morgan fingerprint density at radius 2 is 2.15 bits per heavy atom. The van der Waals surface area contributed by atoms with Gasteiger partial charge in [0.1, 0.15) is 0 Å². The number of carboxylic acid groups (broad SMARTS) is 1. The van der Waals surface area contributed by atoms with E-state index in [0.29, 0.717) is 13.0 Å². The zero-order valence-electron chi connectivity index (χ0n) is 11.4. The van der Waals surface area contributed by atoms with Gasteiger partial charge < -0.3 is 15.3 Å². The molecule has 0 atom stereocenters. The average molecular weight is 341 g/mol. The predicted octanol–water partition coefficient (Wildman–Crippen LogP) is 2.12. The molecule has 0 aromatic heterocycles. The van der Waals surface area contributed by atoms with Crippen LogP contribution in [-0.4, -0.2) is 37.6 Å². The molecule has 0 aliphatic carbocycles. The predicted molar refractivity (Wildman–Crippen MR) is 82.8 cm³/mol. The van der Waals surface area contributed by atoms with Crippen molar-refractivity contribution < 1.29 is 14.7 Å². The molecule has 2 N–H and O–H groups in total. The van der Waals surface area contributed by atoms with Crippen LogP contribution in [0.1, 0.15) is 12.0 Å². The van der Waals surface area contributed by atoms with Crippen molar-refractivity contribution in [3.8, 4) is 0 Å². The average Bonchev–Trinajstić information content (AvgIpc) is 2.42. The number of carboxylic acids is 1. The lowest BCUT2D eigenvalue weighted by Gasteiger charge is -2.21. The number of rotatable bonds is 6. The molecule has 0 saturated heterocycles. The highest BCUT2D eigenvalue weighted by Crippen LogP contribution is 2.25. The Kier molecular flexibility index (Phi) is 6.24. The van der Waals surface area contributed by atoms with Crippen LogP contribution in [0.4, 0.5) is 5.69 Å². The van der Waals surface area contributed by atoms with Crippen LogP contribution >= 0.6 is 15.9 Å². The highest BCUT2D eigenvalue weighted by molar-refractivity contribution is 9.10. The van der Waals surface area contributed by atoms with Crippen molar-refractivity contribution in [3.63, 3.8) is 0 Å². The number of amides is 1. The second-order valence-electron chi connectivity index (χ2n) is 4.22. The lowest BCUT2D eigenvalue weighted by atomic mass is 10.1. The van der Waals surface area contributed by atoms with Crippen molar-refractivity contribution in [2.24, 2.45) is 0 Å². The molecule has 1 aromatic rings. The van der Waals surface area contributed by atoms with Crippen molar-refractivity contribution in [2.45, 2.75) is 6.42 Å². The maximum absolute atomic E-state index is 11.3. The molecule has 1 amide bonds. The number of halogens is 1. The molecule has 0 spiro atoms. The highest BCUT2D eigenvalue weighted by atomic mass is 79.9. The molecule has 0 aliphatic rings. The summed E-state index contributed by atoms with van der Waals surface area (Å²) < 4.78 is 0.867. The van der Waals surface area contributed by atoms with Crippen LogP contribution in [0.15, 0.2) is 28.7 Å². The van der Waals surface area contributed by atoms with E-state index in [1.165, 1.54) is 0 Å². The number of carbonyl (C=O) groups excluding carboxylic acids is 1. The van der Waals surface area contributed by atoms with Gasteiger partial charge >= 0.3 is 5.97 Å². The van der Waals surface area contributed by atoms with Gasteiger partial charge in [0.15, 0.2) is 0 Å². The van der Waals surface area contributed by atoms with E-state index < -0.39 is 5.97 Å². The molecule has 0 fully saturated rings. The number of nitrogens with zero attached hydrogens (tertiary/aromatic N) is 1. The van der Waals surface area contributed by atoms with Gasteiger partial charge in [-0.15, -0.1) is 0 Å². The SMILES string of the molecule is CNC(=O)CCN(C)c1ccc(Br)cc1/C=C/C(=O)O. The molecule has 1 aromatic carbocycles. The van der Waals surface area contributed by atoms with Crippen molar-refractivity contribution in [3.05, 3.63) is 34.3 Å². The van der Waals surface area contributed by atoms with Gasteiger partial charge in [-0.05, 0) is 29.8 Å². The molecular weight excluding hydrogens is 324 g/mol. The molecule has 0 aliphatic heterocycles. The van der Waals surface area contributed by atoms with Crippen LogP contribution in [0.5, 0.6) is 0 Å². The number of benzene rings is 1. The minimum absolute atomic E-state index is 0.0309. The molecule has 108 valence electrons. The van der Waals surface area contributed by atoms with Crippen LogP contribution in [0, 0.1) is 0 Å². The van der Waals surface area contributed by atoms with Gasteiger partial charge in [-0.3, -0.25) is 4.79 Å². The zero-order chi connectivity index (χ0) is 15.1. The van der Waals surface area contributed by atoms with E-state index in [2.05, 4.69) is 21.2 Å². The smallest absolute Gasteiger partial charge is 0.328 e. The maximum Gasteiger partial charge on any atom is 0.328 e. The van der Waals surface area contributed by atoms with Crippen LogP contribution in [0.2, 0.25) is 0 Å². The Morgan fingerprint density at radius 3 is 2.75 bits per heavy atom. The van der Waals surface area contributed by atoms with Crippen LogP contribution in [0.3, 0.4) is 0 Å². The first-order valence-electron chi connectivity index (χ1n) is 6.06. The van der Waals surface area contributed by atoms with Gasteiger partial charge in [0, 0.05) is 43.3 Å². The summed E-state index contributed by atoms with van der Waals surface area (Å²) in [5.41, 5.74) is 1.65. The van der Waals surface area contributed by atoms with E-state index >= 15 is 0 Å². The Bertz CT molecular complexity index is 529. The Morgan fingerprint density at radius 1 is 1.45 bits per heavy atom. The minimum Gasteiger partial charge on any atom is -0.478 e. The van der Waals surface area contributed by atoms with Gasteiger partial charge in [0.2, 0.25) is 5.91 Å². The normalized spacial score (nSPS) is 10.6. The van der Waals surface area contributed by atoms with Crippen LogP contribution in [0.25, 0.3) is 6.08 Å². The molecule has 0 heterocycles. The Labute approximate surface area is 126 Å². The summed E-state index contributed by atoms with van der Waals surface area (Å²) in [6.45, 7) is 0.551. The number of carbonyl (C=O) groups is 2. The summed E-state index contributed by atoms with van der Waals surface area (Å²) in [4.78, 5) is 23.8. The van der Waals surface area contributed by atoms with Crippen molar-refractivity contribution in [2.75, 3.05) is 25.5 Å². The molecular formula is C14H17BrN2O3. The zero-order valence-corrected chi connectivity index (χ0v) is 13.0. The van der Waals surface area contributed by atoms with Crippen LogP contribution in [-0.2, 0) is 9.59 Å². The number of anilines is 1. The lowest BCUT2D eigenvalue weighted by Crippen LogP contribution is -2.26. The second kappa shape index (κ2) is 7.69. The molecule has 0 unspecified atom stereocenters. The first kappa shape index (κ1) is 16.2. The largest absolute Gasteiger partial charge is 0.478 e. The summed E-state index contributed by atoms with van der Waals surface area (Å²) in [6, 6.07) is 5.60. The van der Waals surface area contributed by atoms with E-state index in [0.717, 1.165) is 21.8 Å². The first-order valence-corrected chi connectivity index (χ1v) is 6.85. The molecule has 0 bridgehead atoms.